The Balaban J connectivity index is 0. The number of hydrogen-bond acceptors (Lipinski definition) is 3. The summed E-state index contributed by atoms with van der Waals surface area (Å²) < 4.78 is 31.9. The van der Waals surface area contributed by atoms with Crippen molar-refractivity contribution >= 4 is 14.7 Å². The molecule has 2 aromatic rings. The van der Waals surface area contributed by atoms with Gasteiger partial charge in [-0.1, -0.05) is 58.9 Å². The van der Waals surface area contributed by atoms with Crippen LogP contribution in [0.25, 0.3) is 4.91 Å². The minimum atomic E-state index is -3.58. The van der Waals surface area contributed by atoms with Crippen LogP contribution in [0.4, 0.5) is 0 Å². The van der Waals surface area contributed by atoms with Gasteiger partial charge in [0, 0.05) is 18.1 Å². The summed E-state index contributed by atoms with van der Waals surface area (Å²) in [4.78, 5) is 0.710. The van der Waals surface area contributed by atoms with Gasteiger partial charge in [0.25, 0.3) is 0 Å². The van der Waals surface area contributed by atoms with E-state index in [0.29, 0.717) is 23.0 Å². The van der Waals surface area contributed by atoms with Gasteiger partial charge in [0.1, 0.15) is 0 Å². The maximum absolute atomic E-state index is 13.2. The molecule has 0 amide bonds. The van der Waals surface area contributed by atoms with Crippen molar-refractivity contribution in [3.63, 3.8) is 0 Å². The van der Waals surface area contributed by atoms with Crippen molar-refractivity contribution in [2.75, 3.05) is 13.2 Å². The van der Waals surface area contributed by atoms with E-state index in [9.17, 15) is 8.42 Å². The van der Waals surface area contributed by atoms with Gasteiger partial charge >= 0.3 is 31.1 Å². The molecular weight excluding hydrogens is 618 g/mol. The fraction of sp³-hybridized carbons (Fsp3) is 0.400. The molecule has 1 aliphatic rings. The fourth-order valence-corrected chi connectivity index (χ4v) is 4.59. The Kier molecular flexibility index (Phi) is 17.5. The Morgan fingerprint density at radius 1 is 1.00 bits per heavy atom. The Morgan fingerprint density at radius 2 is 1.57 bits per heavy atom. The molecule has 2 aromatic carbocycles. The van der Waals surface area contributed by atoms with Crippen LogP contribution in [0, 0.1) is 57.4 Å². The Hall–Kier alpha value is -0.858. The van der Waals surface area contributed by atoms with Gasteiger partial charge in [-0.05, 0) is 30.9 Å². The molecule has 164 valence electrons. The van der Waals surface area contributed by atoms with Crippen LogP contribution in [-0.4, -0.2) is 21.6 Å². The van der Waals surface area contributed by atoms with Crippen molar-refractivity contribution in [2.45, 2.75) is 52.4 Å². The third-order valence-electron chi connectivity index (χ3n) is 4.32. The van der Waals surface area contributed by atoms with Crippen molar-refractivity contribution in [1.82, 2.24) is 0 Å². The molecule has 3 nitrogen and oxygen atoms in total. The molecule has 0 N–H and O–H groups in total. The average molecular weight is 655 g/mol. The van der Waals surface area contributed by atoms with Crippen molar-refractivity contribution < 1.29 is 44.3 Å². The zero-order valence-electron chi connectivity index (χ0n) is 19.2. The van der Waals surface area contributed by atoms with Crippen molar-refractivity contribution in [3.8, 4) is 0 Å². The summed E-state index contributed by atoms with van der Waals surface area (Å²) in [7, 11) is -3.58. The van der Waals surface area contributed by atoms with Gasteiger partial charge in [-0.3, -0.25) is 0 Å². The quantitative estimate of drug-likeness (QED) is 0.352. The molecule has 1 heterocycles. The molecule has 1 fully saturated rings. The van der Waals surface area contributed by atoms with E-state index >= 15 is 0 Å². The molecule has 0 aliphatic carbocycles. The number of allylic oxidation sites excluding steroid dienone is 1. The van der Waals surface area contributed by atoms with Crippen LogP contribution in [0.1, 0.15) is 51.7 Å². The third-order valence-corrected chi connectivity index (χ3v) is 6.15. The van der Waals surface area contributed by atoms with Crippen molar-refractivity contribution in [1.29, 1.82) is 0 Å². The van der Waals surface area contributed by atoms with Gasteiger partial charge < -0.3 is 12.2 Å². The van der Waals surface area contributed by atoms with E-state index in [1.807, 2.05) is 58.9 Å². The number of hydrogen-bond donors (Lipinski definition) is 0. The van der Waals surface area contributed by atoms with Crippen LogP contribution in [0.5, 0.6) is 0 Å². The standard InChI is InChI=1S/C20H21O3S.2C2H6.CH3.U/c1-16-7-5-6-10-19(16)20(15-17-11-13-23-14-12-17)24(21,22)18-8-3-2-4-9-18;2*1-2;;/h2-6,8-10,15,17H,11-14H2,1H3;2*1-2H3;1H3;/q-1;;;-1;+2/b20-15+;;;;. The zero-order chi connectivity index (χ0) is 21.0. The third kappa shape index (κ3) is 8.71. The maximum Gasteiger partial charge on any atom is 2.00 e. The fourth-order valence-electron chi connectivity index (χ4n) is 2.93. The molecule has 3 rings (SSSR count). The summed E-state index contributed by atoms with van der Waals surface area (Å²) in [5.74, 6) is 0.215. The summed E-state index contributed by atoms with van der Waals surface area (Å²) in [6.45, 7) is 11.3. The zero-order valence-corrected chi connectivity index (χ0v) is 24.2. The van der Waals surface area contributed by atoms with Crippen LogP contribution in [0.15, 0.2) is 59.5 Å². The topological polar surface area (TPSA) is 43.4 Å². The molecule has 5 heteroatoms. The minimum Gasteiger partial charge on any atom is -0.381 e. The molecule has 30 heavy (non-hydrogen) atoms. The SMILES string of the molecule is CC.CC.Cc1[c-]cccc1/C(=C\C1CCOCC1)S(=O)(=O)c1ccccc1.[CH3-].[U+2]. The van der Waals surface area contributed by atoms with E-state index in [2.05, 4.69) is 6.07 Å². The Morgan fingerprint density at radius 3 is 2.10 bits per heavy atom. The maximum atomic E-state index is 13.2. The number of ether oxygens (including phenoxy) is 1. The molecule has 0 bridgehead atoms. The van der Waals surface area contributed by atoms with E-state index in [0.717, 1.165) is 24.0 Å². The van der Waals surface area contributed by atoms with E-state index in [-0.39, 0.29) is 44.5 Å². The summed E-state index contributed by atoms with van der Waals surface area (Å²) in [5.41, 5.74) is 1.57. The Bertz CT molecular complexity index is 824. The van der Waals surface area contributed by atoms with Crippen LogP contribution >= 0.6 is 0 Å². The molecule has 0 radical (unpaired) electrons. The first-order valence-electron chi connectivity index (χ1n) is 10.2. The van der Waals surface area contributed by atoms with Gasteiger partial charge in [-0.25, -0.2) is 8.42 Å². The first-order chi connectivity index (χ1) is 13.6. The van der Waals surface area contributed by atoms with Gasteiger partial charge in [0.2, 0.25) is 0 Å². The molecule has 1 saturated heterocycles. The summed E-state index contributed by atoms with van der Waals surface area (Å²) >= 11 is 0. The van der Waals surface area contributed by atoms with Gasteiger partial charge in [-0.2, -0.15) is 29.8 Å². The predicted octanol–water partition coefficient (Wildman–Crippen LogP) is 6.54. The first kappa shape index (κ1) is 31.3. The second-order valence-corrected chi connectivity index (χ2v) is 7.92. The normalized spacial score (nSPS) is 14.0. The van der Waals surface area contributed by atoms with E-state index in [1.165, 1.54) is 0 Å². The molecule has 0 aromatic heterocycles. The van der Waals surface area contributed by atoms with Gasteiger partial charge in [0.05, 0.1) is 4.90 Å². The van der Waals surface area contributed by atoms with E-state index in [1.54, 1.807) is 30.3 Å². The smallest absolute Gasteiger partial charge is 0.381 e. The molecular formula is C25H36O3SU. The van der Waals surface area contributed by atoms with Crippen LogP contribution in [0.3, 0.4) is 0 Å². The average Bonchev–Trinajstić information content (AvgIpc) is 2.77. The largest absolute Gasteiger partial charge is 2.00 e. The number of benzene rings is 2. The van der Waals surface area contributed by atoms with Crippen LogP contribution in [-0.2, 0) is 14.6 Å². The monoisotopic (exact) mass is 654 g/mol. The molecule has 1 aliphatic heterocycles. The van der Waals surface area contributed by atoms with Crippen LogP contribution in [0.2, 0.25) is 0 Å². The summed E-state index contributed by atoms with van der Waals surface area (Å²) in [5, 5.41) is 0. The van der Waals surface area contributed by atoms with Crippen molar-refractivity contribution in [3.05, 3.63) is 79.2 Å². The van der Waals surface area contributed by atoms with E-state index < -0.39 is 9.84 Å². The molecule has 0 atom stereocenters. The molecule has 0 unspecified atom stereocenters. The summed E-state index contributed by atoms with van der Waals surface area (Å²) in [6, 6.07) is 17.2. The molecule has 0 saturated carbocycles. The van der Waals surface area contributed by atoms with E-state index in [4.69, 9.17) is 4.74 Å². The second kappa shape index (κ2) is 16.8. The summed E-state index contributed by atoms with van der Waals surface area (Å²) in [6.07, 6.45) is 3.62. The minimum absolute atomic E-state index is 0. The van der Waals surface area contributed by atoms with Gasteiger partial charge in [0.15, 0.2) is 9.84 Å². The predicted molar refractivity (Wildman–Crippen MR) is 124 cm³/mol. The van der Waals surface area contributed by atoms with Gasteiger partial charge in [-0.15, -0.1) is 5.56 Å². The van der Waals surface area contributed by atoms with Crippen molar-refractivity contribution in [2.24, 2.45) is 5.92 Å². The number of sulfone groups is 1. The molecule has 0 spiro atoms. The first-order valence-corrected chi connectivity index (χ1v) is 11.6. The van der Waals surface area contributed by atoms with Crippen LogP contribution < -0.4 is 0 Å². The number of aryl methyl sites for hydroxylation is 1. The Labute approximate surface area is 208 Å². The second-order valence-electron chi connectivity index (χ2n) is 6.01. The number of rotatable bonds is 4.